The topological polar surface area (TPSA) is 43.6 Å². The van der Waals surface area contributed by atoms with E-state index < -0.39 is 11.7 Å². The molecule has 3 aromatic rings. The van der Waals surface area contributed by atoms with Crippen LogP contribution in [0.2, 0.25) is 0 Å². The molecule has 0 N–H and O–H groups in total. The Morgan fingerprint density at radius 2 is 2.16 bits per heavy atom. The van der Waals surface area contributed by atoms with Crippen LogP contribution in [-0.2, 0) is 11.3 Å². The second-order valence-corrected chi connectivity index (χ2v) is 6.49. The molecule has 0 atom stereocenters. The van der Waals surface area contributed by atoms with Crippen molar-refractivity contribution in [3.63, 3.8) is 0 Å². The highest BCUT2D eigenvalue weighted by atomic mass is 32.1. The summed E-state index contributed by atoms with van der Waals surface area (Å²) in [6.45, 7) is 6.00. The first-order valence-corrected chi connectivity index (χ1v) is 8.56. The van der Waals surface area contributed by atoms with Gasteiger partial charge in [0.25, 0.3) is 5.91 Å². The summed E-state index contributed by atoms with van der Waals surface area (Å²) in [7, 11) is 0. The molecule has 4 nitrogen and oxygen atoms in total. The Hall–Kier alpha value is -2.73. The fourth-order valence-corrected chi connectivity index (χ4v) is 3.57. The van der Waals surface area contributed by atoms with Crippen molar-refractivity contribution >= 4 is 27.5 Å². The zero-order valence-corrected chi connectivity index (χ0v) is 14.6. The van der Waals surface area contributed by atoms with Gasteiger partial charge in [-0.3, -0.25) is 4.79 Å². The number of hydrogen-bond acceptors (Lipinski definition) is 3. The van der Waals surface area contributed by atoms with Gasteiger partial charge in [-0.1, -0.05) is 35.6 Å². The molecule has 0 radical (unpaired) electrons. The maximum absolute atomic E-state index is 13.5. The van der Waals surface area contributed by atoms with Crippen LogP contribution in [0.25, 0.3) is 10.2 Å². The number of rotatable bonds is 5. The Morgan fingerprint density at radius 3 is 2.92 bits per heavy atom. The van der Waals surface area contributed by atoms with Crippen LogP contribution in [0.5, 0.6) is 5.75 Å². The highest BCUT2D eigenvalue weighted by Gasteiger charge is 2.09. The maximum atomic E-state index is 13.5. The monoisotopic (exact) mass is 356 g/mol. The van der Waals surface area contributed by atoms with E-state index >= 15 is 0 Å². The summed E-state index contributed by atoms with van der Waals surface area (Å²) in [6, 6.07) is 12.0. The zero-order chi connectivity index (χ0) is 17.8. The highest BCUT2D eigenvalue weighted by Crippen LogP contribution is 2.19. The third-order valence-electron chi connectivity index (χ3n) is 3.56. The number of fused-ring (bicyclic) bond motifs is 1. The van der Waals surface area contributed by atoms with Crippen LogP contribution in [0, 0.1) is 12.7 Å². The fraction of sp³-hybridized carbons (Fsp3) is 0.158. The van der Waals surface area contributed by atoms with E-state index in [9.17, 15) is 9.18 Å². The van der Waals surface area contributed by atoms with E-state index in [1.807, 2.05) is 23.6 Å². The van der Waals surface area contributed by atoms with Gasteiger partial charge in [-0.25, -0.2) is 4.39 Å². The first kappa shape index (κ1) is 17.1. The summed E-state index contributed by atoms with van der Waals surface area (Å²) in [6.07, 6.45) is 1.76. The number of carbonyl (C=O) groups is 1. The fourth-order valence-electron chi connectivity index (χ4n) is 2.41. The van der Waals surface area contributed by atoms with Gasteiger partial charge in [-0.2, -0.15) is 4.99 Å². The average molecular weight is 356 g/mol. The molecule has 6 heteroatoms. The van der Waals surface area contributed by atoms with Crippen LogP contribution in [0.15, 0.2) is 60.1 Å². The van der Waals surface area contributed by atoms with Gasteiger partial charge in [-0.05, 0) is 36.8 Å². The third-order valence-corrected chi connectivity index (χ3v) is 4.60. The summed E-state index contributed by atoms with van der Waals surface area (Å²) in [5.41, 5.74) is 2.14. The van der Waals surface area contributed by atoms with Gasteiger partial charge in [0.2, 0.25) is 0 Å². The van der Waals surface area contributed by atoms with Gasteiger partial charge in [0, 0.05) is 6.54 Å². The number of aryl methyl sites for hydroxylation is 1. The Kier molecular flexibility index (Phi) is 5.09. The number of aromatic nitrogens is 1. The number of para-hydroxylation sites is 1. The van der Waals surface area contributed by atoms with Crippen molar-refractivity contribution in [2.24, 2.45) is 4.99 Å². The molecule has 0 unspecified atom stereocenters. The molecule has 0 bridgehead atoms. The standard InChI is InChI=1S/C19H17FN2O2S/c1-3-10-22-15-9-8-13(2)11-17(15)25-19(22)21-18(23)12-24-16-7-5-4-6-14(16)20/h3-9,11H,1,10,12H2,2H3. The van der Waals surface area contributed by atoms with Crippen molar-refractivity contribution in [3.8, 4) is 5.75 Å². The van der Waals surface area contributed by atoms with E-state index in [0.29, 0.717) is 11.3 Å². The van der Waals surface area contributed by atoms with Crippen molar-refractivity contribution in [1.29, 1.82) is 0 Å². The highest BCUT2D eigenvalue weighted by molar-refractivity contribution is 7.16. The predicted molar refractivity (Wildman–Crippen MR) is 97.2 cm³/mol. The van der Waals surface area contributed by atoms with Gasteiger partial charge in [0.05, 0.1) is 10.2 Å². The molecular formula is C19H17FN2O2S. The van der Waals surface area contributed by atoms with E-state index in [4.69, 9.17) is 4.74 Å². The number of carbonyl (C=O) groups excluding carboxylic acids is 1. The summed E-state index contributed by atoms with van der Waals surface area (Å²) in [5, 5.41) is 0. The molecule has 1 heterocycles. The van der Waals surface area contributed by atoms with Crippen molar-refractivity contribution in [1.82, 2.24) is 4.57 Å². The van der Waals surface area contributed by atoms with Crippen molar-refractivity contribution in [2.45, 2.75) is 13.5 Å². The second kappa shape index (κ2) is 7.44. The molecule has 0 aliphatic carbocycles. The SMILES string of the molecule is C=CCn1c(=NC(=O)COc2ccccc2F)sc2cc(C)ccc21. The molecule has 0 saturated carbocycles. The van der Waals surface area contributed by atoms with Gasteiger partial charge < -0.3 is 9.30 Å². The number of nitrogens with zero attached hydrogens (tertiary/aromatic N) is 2. The molecule has 0 aliphatic heterocycles. The molecule has 0 fully saturated rings. The molecule has 0 spiro atoms. The van der Waals surface area contributed by atoms with Gasteiger partial charge >= 0.3 is 0 Å². The molecule has 3 rings (SSSR count). The van der Waals surface area contributed by atoms with Crippen molar-refractivity contribution in [2.75, 3.05) is 6.61 Å². The molecule has 0 saturated heterocycles. The van der Waals surface area contributed by atoms with Crippen LogP contribution in [0.4, 0.5) is 4.39 Å². The minimum atomic E-state index is -0.505. The number of thiazole rings is 1. The Bertz CT molecular complexity index is 1000. The third kappa shape index (κ3) is 3.85. The summed E-state index contributed by atoms with van der Waals surface area (Å²) < 4.78 is 21.7. The average Bonchev–Trinajstić information content (AvgIpc) is 2.91. The predicted octanol–water partition coefficient (Wildman–Crippen LogP) is 3.84. The van der Waals surface area contributed by atoms with E-state index in [0.717, 1.165) is 15.8 Å². The lowest BCUT2D eigenvalue weighted by molar-refractivity contribution is -0.120. The van der Waals surface area contributed by atoms with Crippen LogP contribution in [-0.4, -0.2) is 17.1 Å². The normalized spacial score (nSPS) is 11.7. The lowest BCUT2D eigenvalue weighted by atomic mass is 10.2. The van der Waals surface area contributed by atoms with Crippen LogP contribution < -0.4 is 9.54 Å². The smallest absolute Gasteiger partial charge is 0.286 e. The first-order chi connectivity index (χ1) is 12.1. The minimum absolute atomic E-state index is 0.0389. The second-order valence-electron chi connectivity index (χ2n) is 5.48. The zero-order valence-electron chi connectivity index (χ0n) is 13.7. The molecule has 25 heavy (non-hydrogen) atoms. The van der Waals surface area contributed by atoms with E-state index in [-0.39, 0.29) is 12.4 Å². The van der Waals surface area contributed by atoms with Crippen LogP contribution in [0.1, 0.15) is 5.56 Å². The number of allylic oxidation sites excluding steroid dienone is 1. The lowest BCUT2D eigenvalue weighted by Gasteiger charge is -2.04. The summed E-state index contributed by atoms with van der Waals surface area (Å²) >= 11 is 1.43. The number of ether oxygens (including phenoxy) is 1. The largest absolute Gasteiger partial charge is 0.481 e. The van der Waals surface area contributed by atoms with E-state index in [1.54, 1.807) is 18.2 Å². The molecule has 2 aromatic carbocycles. The van der Waals surface area contributed by atoms with Crippen LogP contribution >= 0.6 is 11.3 Å². The number of hydrogen-bond donors (Lipinski definition) is 0. The van der Waals surface area contributed by atoms with Gasteiger partial charge in [-0.15, -0.1) is 6.58 Å². The number of halogens is 1. The van der Waals surface area contributed by atoms with E-state index in [1.165, 1.54) is 23.5 Å². The van der Waals surface area contributed by atoms with Gasteiger partial charge in [0.15, 0.2) is 23.0 Å². The minimum Gasteiger partial charge on any atom is -0.481 e. The molecule has 128 valence electrons. The first-order valence-electron chi connectivity index (χ1n) is 7.74. The molecular weight excluding hydrogens is 339 g/mol. The van der Waals surface area contributed by atoms with Gasteiger partial charge in [0.1, 0.15) is 0 Å². The molecule has 1 amide bonds. The maximum Gasteiger partial charge on any atom is 0.286 e. The summed E-state index contributed by atoms with van der Waals surface area (Å²) in [4.78, 5) is 16.9. The summed E-state index contributed by atoms with van der Waals surface area (Å²) in [5.74, 6) is -0.935. The lowest BCUT2D eigenvalue weighted by Crippen LogP contribution is -2.19. The molecule has 1 aromatic heterocycles. The Morgan fingerprint density at radius 1 is 1.36 bits per heavy atom. The van der Waals surface area contributed by atoms with Crippen molar-refractivity contribution in [3.05, 3.63) is 71.3 Å². The molecule has 0 aliphatic rings. The Labute approximate surface area is 148 Å². The number of amides is 1. The quantitative estimate of drug-likeness (QED) is 0.652. The van der Waals surface area contributed by atoms with Crippen LogP contribution in [0.3, 0.4) is 0 Å². The Balaban J connectivity index is 1.89. The number of benzene rings is 2. The van der Waals surface area contributed by atoms with Crippen molar-refractivity contribution < 1.29 is 13.9 Å². The van der Waals surface area contributed by atoms with E-state index in [2.05, 4.69) is 17.6 Å².